The minimum Gasteiger partial charge on any atom is -0.490 e. The first kappa shape index (κ1) is 21.2. The van der Waals surface area contributed by atoms with Crippen molar-refractivity contribution in [3.05, 3.63) is 47.8 Å². The Labute approximate surface area is 183 Å². The molecule has 2 aromatic heterocycles. The average molecular weight is 423 g/mol. The topological polar surface area (TPSA) is 69.5 Å². The molecule has 0 unspecified atom stereocenters. The highest BCUT2D eigenvalue weighted by Crippen LogP contribution is 2.30. The molecule has 1 amide bonds. The normalized spacial score (nSPS) is 14.9. The second-order valence-corrected chi connectivity index (χ2v) is 8.21. The Morgan fingerprint density at radius 2 is 1.90 bits per heavy atom. The van der Waals surface area contributed by atoms with Crippen LogP contribution in [0.1, 0.15) is 55.7 Å². The molecule has 1 aliphatic heterocycles. The zero-order valence-corrected chi connectivity index (χ0v) is 18.7. The molecule has 3 aromatic rings. The number of para-hydroxylation sites is 2. The number of carbonyl (C=O) groups excluding carboxylic acids is 1. The first-order chi connectivity index (χ1) is 15.0. The molecule has 0 spiro atoms. The summed E-state index contributed by atoms with van der Waals surface area (Å²) >= 11 is 0. The van der Waals surface area contributed by atoms with Crippen molar-refractivity contribution in [1.82, 2.24) is 19.7 Å². The Bertz CT molecular complexity index is 1070. The van der Waals surface area contributed by atoms with Crippen LogP contribution in [-0.4, -0.2) is 51.4 Å². The maximum Gasteiger partial charge on any atom is 0.255 e. The molecule has 3 heterocycles. The molecule has 0 saturated carbocycles. The van der Waals surface area contributed by atoms with Crippen molar-refractivity contribution in [3.63, 3.8) is 0 Å². The fourth-order valence-electron chi connectivity index (χ4n) is 4.01. The molecule has 0 aliphatic carbocycles. The van der Waals surface area contributed by atoms with Gasteiger partial charge in [0.25, 0.3) is 5.91 Å². The molecule has 7 nitrogen and oxygen atoms in total. The molecule has 31 heavy (non-hydrogen) atoms. The summed E-state index contributed by atoms with van der Waals surface area (Å²) in [7, 11) is 0. The van der Waals surface area contributed by atoms with Gasteiger partial charge in [-0.05, 0) is 45.9 Å². The van der Waals surface area contributed by atoms with E-state index >= 15 is 0 Å². The second-order valence-electron chi connectivity index (χ2n) is 8.21. The molecule has 4 rings (SSSR count). The van der Waals surface area contributed by atoms with Crippen LogP contribution in [0.15, 0.2) is 36.5 Å². The van der Waals surface area contributed by atoms with Gasteiger partial charge in [0.1, 0.15) is 6.10 Å². The molecule has 0 N–H and O–H groups in total. The number of amides is 1. The lowest BCUT2D eigenvalue weighted by molar-refractivity contribution is 0.0588. The quantitative estimate of drug-likeness (QED) is 0.589. The lowest BCUT2D eigenvalue weighted by Gasteiger charge is -2.32. The fraction of sp³-hybridized carbons (Fsp3) is 0.458. The second kappa shape index (κ2) is 8.96. The van der Waals surface area contributed by atoms with Gasteiger partial charge in [0.05, 0.1) is 24.1 Å². The van der Waals surface area contributed by atoms with Crippen molar-refractivity contribution in [2.45, 2.75) is 52.7 Å². The summed E-state index contributed by atoms with van der Waals surface area (Å²) in [5, 5.41) is 5.32. The number of benzene rings is 1. The number of pyridine rings is 1. The van der Waals surface area contributed by atoms with Crippen LogP contribution < -0.4 is 9.47 Å². The summed E-state index contributed by atoms with van der Waals surface area (Å²) < 4.78 is 13.7. The number of aromatic nitrogens is 3. The van der Waals surface area contributed by atoms with Gasteiger partial charge in [0.15, 0.2) is 17.1 Å². The van der Waals surface area contributed by atoms with E-state index in [2.05, 4.69) is 23.9 Å². The van der Waals surface area contributed by atoms with Gasteiger partial charge in [-0.25, -0.2) is 9.67 Å². The summed E-state index contributed by atoms with van der Waals surface area (Å²) in [6.07, 6.45) is 3.42. The molecule has 1 aliphatic rings. The molecule has 0 atom stereocenters. The predicted octanol–water partition coefficient (Wildman–Crippen LogP) is 4.40. The number of likely N-dealkylation sites (tertiary alicyclic amines) is 1. The van der Waals surface area contributed by atoms with Crippen LogP contribution in [0.25, 0.3) is 11.0 Å². The lowest BCUT2D eigenvalue weighted by Crippen LogP contribution is -2.42. The zero-order chi connectivity index (χ0) is 22.0. The van der Waals surface area contributed by atoms with E-state index in [1.807, 2.05) is 53.8 Å². The van der Waals surface area contributed by atoms with Gasteiger partial charge >= 0.3 is 0 Å². The highest BCUT2D eigenvalue weighted by molar-refractivity contribution is 5.98. The van der Waals surface area contributed by atoms with Crippen molar-refractivity contribution in [2.24, 2.45) is 0 Å². The van der Waals surface area contributed by atoms with Crippen LogP contribution in [0.2, 0.25) is 0 Å². The number of aryl methyl sites for hydroxylation is 1. The van der Waals surface area contributed by atoms with Gasteiger partial charge in [-0.2, -0.15) is 5.10 Å². The monoisotopic (exact) mass is 422 g/mol. The standard InChI is InChI=1S/C24H30N4O3/c1-5-30-21-8-6-7-9-22(21)31-19-10-12-27(13-11-19)24(29)20-14-18-15-25-28(16(2)3)23(18)26-17(20)4/h6-9,14-16,19H,5,10-13H2,1-4H3. The van der Waals surface area contributed by atoms with E-state index in [1.54, 1.807) is 6.20 Å². The van der Waals surface area contributed by atoms with Gasteiger partial charge in [-0.1, -0.05) is 12.1 Å². The third-order valence-corrected chi connectivity index (χ3v) is 5.65. The third kappa shape index (κ3) is 4.36. The minimum absolute atomic E-state index is 0.0253. The summed E-state index contributed by atoms with van der Waals surface area (Å²) in [6.45, 7) is 9.91. The number of rotatable bonds is 6. The Morgan fingerprint density at radius 3 is 2.58 bits per heavy atom. The molecule has 164 valence electrons. The molecule has 1 fully saturated rings. The number of hydrogen-bond donors (Lipinski definition) is 0. The zero-order valence-electron chi connectivity index (χ0n) is 18.7. The van der Waals surface area contributed by atoms with Gasteiger partial charge in [-0.15, -0.1) is 0 Å². The number of ether oxygens (including phenoxy) is 2. The Morgan fingerprint density at radius 1 is 1.19 bits per heavy atom. The lowest BCUT2D eigenvalue weighted by atomic mass is 10.1. The van der Waals surface area contributed by atoms with Crippen LogP contribution in [0, 0.1) is 6.92 Å². The van der Waals surface area contributed by atoms with Crippen LogP contribution in [0.3, 0.4) is 0 Å². The van der Waals surface area contributed by atoms with Gasteiger partial charge in [-0.3, -0.25) is 4.79 Å². The van der Waals surface area contributed by atoms with E-state index in [0.29, 0.717) is 25.3 Å². The van der Waals surface area contributed by atoms with Crippen LogP contribution in [0.5, 0.6) is 11.5 Å². The molecule has 1 saturated heterocycles. The third-order valence-electron chi connectivity index (χ3n) is 5.65. The maximum atomic E-state index is 13.2. The van der Waals surface area contributed by atoms with Crippen LogP contribution >= 0.6 is 0 Å². The summed E-state index contributed by atoms with van der Waals surface area (Å²) in [6, 6.07) is 9.89. The average Bonchev–Trinajstić information content (AvgIpc) is 3.18. The number of nitrogens with zero attached hydrogens (tertiary/aromatic N) is 4. The summed E-state index contributed by atoms with van der Waals surface area (Å²) in [5.41, 5.74) is 2.21. The van der Waals surface area contributed by atoms with Crippen molar-refractivity contribution in [2.75, 3.05) is 19.7 Å². The smallest absolute Gasteiger partial charge is 0.255 e. The number of carbonyl (C=O) groups is 1. The Balaban J connectivity index is 1.43. The van der Waals surface area contributed by atoms with Crippen molar-refractivity contribution >= 4 is 16.9 Å². The highest BCUT2D eigenvalue weighted by Gasteiger charge is 2.27. The maximum absolute atomic E-state index is 13.2. The fourth-order valence-corrected chi connectivity index (χ4v) is 4.01. The van der Waals surface area contributed by atoms with Crippen LogP contribution in [-0.2, 0) is 0 Å². The predicted molar refractivity (Wildman–Crippen MR) is 120 cm³/mol. The van der Waals surface area contributed by atoms with Gasteiger partial charge < -0.3 is 14.4 Å². The molecular weight excluding hydrogens is 392 g/mol. The Hall–Kier alpha value is -3.09. The number of piperidine rings is 1. The number of fused-ring (bicyclic) bond motifs is 1. The molecular formula is C24H30N4O3. The minimum atomic E-state index is 0.0253. The van der Waals surface area contributed by atoms with E-state index in [-0.39, 0.29) is 18.1 Å². The Kier molecular flexibility index (Phi) is 6.11. The molecule has 0 radical (unpaired) electrons. The largest absolute Gasteiger partial charge is 0.490 e. The molecule has 0 bridgehead atoms. The molecule has 1 aromatic carbocycles. The first-order valence-electron chi connectivity index (χ1n) is 11.0. The van der Waals surface area contributed by atoms with Crippen LogP contribution in [0.4, 0.5) is 0 Å². The van der Waals surface area contributed by atoms with E-state index in [1.165, 1.54) is 0 Å². The van der Waals surface area contributed by atoms with Crippen molar-refractivity contribution in [3.8, 4) is 11.5 Å². The highest BCUT2D eigenvalue weighted by atomic mass is 16.5. The molecule has 7 heteroatoms. The van der Waals surface area contributed by atoms with Gasteiger partial charge in [0, 0.05) is 37.4 Å². The number of hydrogen-bond acceptors (Lipinski definition) is 5. The van der Waals surface area contributed by atoms with Crippen molar-refractivity contribution in [1.29, 1.82) is 0 Å². The SMILES string of the molecule is CCOc1ccccc1OC1CCN(C(=O)c2cc3cnn(C(C)C)c3nc2C)CC1. The first-order valence-corrected chi connectivity index (χ1v) is 11.0. The summed E-state index contributed by atoms with van der Waals surface area (Å²) in [5.74, 6) is 1.56. The van der Waals surface area contributed by atoms with E-state index in [4.69, 9.17) is 9.47 Å². The van der Waals surface area contributed by atoms with E-state index < -0.39 is 0 Å². The summed E-state index contributed by atoms with van der Waals surface area (Å²) in [4.78, 5) is 19.8. The van der Waals surface area contributed by atoms with E-state index in [0.717, 1.165) is 41.1 Å². The van der Waals surface area contributed by atoms with Crippen molar-refractivity contribution < 1.29 is 14.3 Å². The van der Waals surface area contributed by atoms with E-state index in [9.17, 15) is 4.79 Å². The van der Waals surface area contributed by atoms with Gasteiger partial charge in [0.2, 0.25) is 0 Å².